The summed E-state index contributed by atoms with van der Waals surface area (Å²) >= 11 is 0. The molecule has 0 aromatic heterocycles. The van der Waals surface area contributed by atoms with Gasteiger partial charge in [-0.1, -0.05) is 30.3 Å². The molecule has 3 nitrogen and oxygen atoms in total. The first-order valence-electron chi connectivity index (χ1n) is 5.74. The fourth-order valence-electron chi connectivity index (χ4n) is 1.52. The van der Waals surface area contributed by atoms with Gasteiger partial charge in [-0.3, -0.25) is 0 Å². The molecule has 0 fully saturated rings. The van der Waals surface area contributed by atoms with Crippen LogP contribution in [0.4, 0.5) is 4.39 Å². The van der Waals surface area contributed by atoms with Crippen molar-refractivity contribution >= 4 is 0 Å². The Balaban J connectivity index is 1.80. The highest BCUT2D eigenvalue weighted by atomic mass is 19.1. The van der Waals surface area contributed by atoms with Crippen LogP contribution >= 0.6 is 0 Å². The van der Waals surface area contributed by atoms with Gasteiger partial charge < -0.3 is 9.47 Å². The summed E-state index contributed by atoms with van der Waals surface area (Å²) in [5.41, 5.74) is 1.04. The highest BCUT2D eigenvalue weighted by Crippen LogP contribution is 2.16. The predicted octanol–water partition coefficient (Wildman–Crippen LogP) is 3.25. The van der Waals surface area contributed by atoms with Crippen LogP contribution in [-0.4, -0.2) is 6.79 Å². The van der Waals surface area contributed by atoms with E-state index in [-0.39, 0.29) is 12.4 Å². The van der Waals surface area contributed by atoms with Crippen molar-refractivity contribution in [2.24, 2.45) is 0 Å². The van der Waals surface area contributed by atoms with E-state index in [4.69, 9.17) is 14.7 Å². The molecule has 0 saturated carbocycles. The summed E-state index contributed by atoms with van der Waals surface area (Å²) in [6.07, 6.45) is 0. The molecular formula is C15H12FNO2. The molecule has 2 rings (SSSR count). The molecular weight excluding hydrogens is 245 g/mol. The summed E-state index contributed by atoms with van der Waals surface area (Å²) in [6, 6.07) is 15.5. The SMILES string of the molecule is N#Cc1ccc(OCOCc2ccccc2)cc1F. The third kappa shape index (κ3) is 3.80. The lowest BCUT2D eigenvalue weighted by Gasteiger charge is -2.07. The molecule has 2 aromatic carbocycles. The van der Waals surface area contributed by atoms with E-state index in [9.17, 15) is 4.39 Å². The smallest absolute Gasteiger partial charge is 0.189 e. The van der Waals surface area contributed by atoms with Crippen LogP contribution in [0.25, 0.3) is 0 Å². The third-order valence-electron chi connectivity index (χ3n) is 2.48. The zero-order chi connectivity index (χ0) is 13.5. The van der Waals surface area contributed by atoms with Gasteiger partial charge in [0.1, 0.15) is 17.6 Å². The van der Waals surface area contributed by atoms with Crippen LogP contribution in [-0.2, 0) is 11.3 Å². The summed E-state index contributed by atoms with van der Waals surface area (Å²) in [5, 5.41) is 8.59. The quantitative estimate of drug-likeness (QED) is 0.610. The fraction of sp³-hybridized carbons (Fsp3) is 0.133. The number of rotatable bonds is 5. The Morgan fingerprint density at radius 3 is 2.58 bits per heavy atom. The molecule has 0 amide bonds. The molecule has 0 heterocycles. The molecule has 0 saturated heterocycles. The third-order valence-corrected chi connectivity index (χ3v) is 2.48. The Labute approximate surface area is 110 Å². The Morgan fingerprint density at radius 2 is 1.89 bits per heavy atom. The highest BCUT2D eigenvalue weighted by Gasteiger charge is 2.03. The van der Waals surface area contributed by atoms with Crippen molar-refractivity contribution < 1.29 is 13.9 Å². The minimum absolute atomic E-state index is 0.00226. The van der Waals surface area contributed by atoms with E-state index < -0.39 is 5.82 Å². The zero-order valence-corrected chi connectivity index (χ0v) is 10.2. The van der Waals surface area contributed by atoms with Gasteiger partial charge in [0.25, 0.3) is 0 Å². The number of halogens is 1. The maximum absolute atomic E-state index is 13.3. The first-order valence-corrected chi connectivity index (χ1v) is 5.74. The van der Waals surface area contributed by atoms with Crippen molar-refractivity contribution in [1.29, 1.82) is 5.26 Å². The molecule has 0 radical (unpaired) electrons. The van der Waals surface area contributed by atoms with Gasteiger partial charge in [-0.05, 0) is 17.7 Å². The Kier molecular flexibility index (Phi) is 4.49. The maximum atomic E-state index is 13.3. The molecule has 96 valence electrons. The van der Waals surface area contributed by atoms with E-state index in [0.29, 0.717) is 12.4 Å². The van der Waals surface area contributed by atoms with E-state index in [0.717, 1.165) is 5.56 Å². The summed E-state index contributed by atoms with van der Waals surface area (Å²) in [6.45, 7) is 0.458. The van der Waals surface area contributed by atoms with Crippen molar-refractivity contribution in [2.75, 3.05) is 6.79 Å². The van der Waals surface area contributed by atoms with Crippen molar-refractivity contribution in [3.8, 4) is 11.8 Å². The molecule has 2 aromatic rings. The molecule has 0 N–H and O–H groups in total. The number of ether oxygens (including phenoxy) is 2. The molecule has 0 spiro atoms. The van der Waals surface area contributed by atoms with Gasteiger partial charge in [0.05, 0.1) is 12.2 Å². The molecule has 0 atom stereocenters. The standard InChI is InChI=1S/C15H12FNO2/c16-15-8-14(7-6-13(15)9-17)19-11-18-10-12-4-2-1-3-5-12/h1-8H,10-11H2. The Morgan fingerprint density at radius 1 is 1.11 bits per heavy atom. The van der Waals surface area contributed by atoms with Gasteiger partial charge in [0.2, 0.25) is 0 Å². The topological polar surface area (TPSA) is 42.2 Å². The molecule has 0 unspecified atom stereocenters. The number of benzene rings is 2. The number of nitriles is 1. The minimum Gasteiger partial charge on any atom is -0.467 e. The van der Waals surface area contributed by atoms with Gasteiger partial charge in [0.15, 0.2) is 6.79 Å². The second kappa shape index (κ2) is 6.53. The largest absolute Gasteiger partial charge is 0.467 e. The van der Waals surface area contributed by atoms with E-state index in [1.807, 2.05) is 30.3 Å². The Bertz CT molecular complexity index is 578. The maximum Gasteiger partial charge on any atom is 0.189 e. The lowest BCUT2D eigenvalue weighted by Crippen LogP contribution is -2.03. The molecule has 0 aliphatic heterocycles. The van der Waals surface area contributed by atoms with Crippen LogP contribution in [0.3, 0.4) is 0 Å². The molecule has 0 bridgehead atoms. The Hall–Kier alpha value is -2.38. The minimum atomic E-state index is -0.594. The van der Waals surface area contributed by atoms with Crippen LogP contribution in [0.15, 0.2) is 48.5 Å². The van der Waals surface area contributed by atoms with Crippen LogP contribution in [0.1, 0.15) is 11.1 Å². The average molecular weight is 257 g/mol. The predicted molar refractivity (Wildman–Crippen MR) is 67.8 cm³/mol. The number of hydrogen-bond donors (Lipinski definition) is 0. The molecule has 0 aliphatic carbocycles. The van der Waals surface area contributed by atoms with Crippen molar-refractivity contribution in [3.05, 3.63) is 65.5 Å². The van der Waals surface area contributed by atoms with Crippen LogP contribution in [0.2, 0.25) is 0 Å². The summed E-state index contributed by atoms with van der Waals surface area (Å²) in [4.78, 5) is 0. The van der Waals surface area contributed by atoms with Gasteiger partial charge in [0, 0.05) is 6.07 Å². The van der Waals surface area contributed by atoms with Crippen molar-refractivity contribution in [3.63, 3.8) is 0 Å². The molecule has 19 heavy (non-hydrogen) atoms. The van der Waals surface area contributed by atoms with Gasteiger partial charge >= 0.3 is 0 Å². The van der Waals surface area contributed by atoms with Crippen molar-refractivity contribution in [2.45, 2.75) is 6.61 Å². The fourth-order valence-corrected chi connectivity index (χ4v) is 1.52. The van der Waals surface area contributed by atoms with Crippen LogP contribution in [0.5, 0.6) is 5.75 Å². The van der Waals surface area contributed by atoms with Gasteiger partial charge in [-0.25, -0.2) is 4.39 Å². The number of hydrogen-bond acceptors (Lipinski definition) is 3. The first kappa shape index (κ1) is 13.1. The summed E-state index contributed by atoms with van der Waals surface area (Å²) < 4.78 is 23.8. The second-order valence-electron chi connectivity index (χ2n) is 3.85. The van der Waals surface area contributed by atoms with Gasteiger partial charge in [-0.2, -0.15) is 5.26 Å². The lowest BCUT2D eigenvalue weighted by molar-refractivity contribution is 0.00490. The summed E-state index contributed by atoms with van der Waals surface area (Å²) in [5.74, 6) is -0.257. The van der Waals surface area contributed by atoms with Crippen molar-refractivity contribution in [1.82, 2.24) is 0 Å². The monoisotopic (exact) mass is 257 g/mol. The normalized spacial score (nSPS) is 9.89. The average Bonchev–Trinajstić information content (AvgIpc) is 2.45. The van der Waals surface area contributed by atoms with Gasteiger partial charge in [-0.15, -0.1) is 0 Å². The van der Waals surface area contributed by atoms with E-state index in [1.165, 1.54) is 18.2 Å². The lowest BCUT2D eigenvalue weighted by atomic mass is 10.2. The van der Waals surface area contributed by atoms with E-state index >= 15 is 0 Å². The van der Waals surface area contributed by atoms with Crippen LogP contribution < -0.4 is 4.74 Å². The molecule has 0 aliphatic rings. The zero-order valence-electron chi connectivity index (χ0n) is 10.2. The van der Waals surface area contributed by atoms with E-state index in [2.05, 4.69) is 0 Å². The van der Waals surface area contributed by atoms with Crippen LogP contribution in [0, 0.1) is 17.1 Å². The second-order valence-corrected chi connectivity index (χ2v) is 3.85. The summed E-state index contributed by atoms with van der Waals surface area (Å²) in [7, 11) is 0. The number of nitrogens with zero attached hydrogens (tertiary/aromatic N) is 1. The molecule has 4 heteroatoms. The highest BCUT2D eigenvalue weighted by molar-refractivity contribution is 5.36. The van der Waals surface area contributed by atoms with E-state index in [1.54, 1.807) is 6.07 Å². The first-order chi connectivity index (χ1) is 9.29.